The molecule has 0 aliphatic heterocycles. The van der Waals surface area contributed by atoms with Gasteiger partial charge in [0.25, 0.3) is 5.56 Å². The fourth-order valence-electron chi connectivity index (χ4n) is 3.53. The highest BCUT2D eigenvalue weighted by Gasteiger charge is 2.32. The number of thioether (sulfide) groups is 1. The van der Waals surface area contributed by atoms with Gasteiger partial charge in [0.2, 0.25) is 0 Å². The number of nitrogen functional groups attached to an aromatic ring is 1. The summed E-state index contributed by atoms with van der Waals surface area (Å²) < 4.78 is 3.28. The predicted octanol–water partition coefficient (Wildman–Crippen LogP) is 1.89. The molecule has 10 heteroatoms. The molecule has 3 aromatic rings. The molecule has 9 nitrogen and oxygen atoms in total. The lowest BCUT2D eigenvalue weighted by molar-refractivity contribution is 0.102. The number of aromatic amines is 1. The molecule has 0 spiro atoms. The van der Waals surface area contributed by atoms with E-state index in [1.807, 2.05) is 34.9 Å². The highest BCUT2D eigenvalue weighted by atomic mass is 32.2. The van der Waals surface area contributed by atoms with Gasteiger partial charge in [-0.1, -0.05) is 30.0 Å². The highest BCUT2D eigenvalue weighted by molar-refractivity contribution is 7.99. The molecule has 3 N–H and O–H groups in total. The summed E-state index contributed by atoms with van der Waals surface area (Å²) in [7, 11) is 0. The summed E-state index contributed by atoms with van der Waals surface area (Å²) in [6, 6.07) is 9.70. The van der Waals surface area contributed by atoms with E-state index in [1.165, 1.54) is 16.3 Å². The summed E-state index contributed by atoms with van der Waals surface area (Å²) in [5.41, 5.74) is 5.50. The van der Waals surface area contributed by atoms with Crippen molar-refractivity contribution < 1.29 is 4.79 Å². The molecule has 2 fully saturated rings. The van der Waals surface area contributed by atoms with Crippen LogP contribution in [0.1, 0.15) is 53.8 Å². The molecule has 0 bridgehead atoms. The first-order chi connectivity index (χ1) is 14.5. The minimum atomic E-state index is -0.747. The van der Waals surface area contributed by atoms with Gasteiger partial charge in [0.05, 0.1) is 5.75 Å². The van der Waals surface area contributed by atoms with Gasteiger partial charge < -0.3 is 5.73 Å². The second-order valence-electron chi connectivity index (χ2n) is 7.62. The minimum absolute atomic E-state index is 0.0359. The van der Waals surface area contributed by atoms with E-state index in [0.29, 0.717) is 11.1 Å². The van der Waals surface area contributed by atoms with Crippen molar-refractivity contribution >= 4 is 23.4 Å². The van der Waals surface area contributed by atoms with Gasteiger partial charge in [-0.25, -0.2) is 4.79 Å². The van der Waals surface area contributed by atoms with Crippen molar-refractivity contribution in [3.63, 3.8) is 0 Å². The number of aromatic nitrogens is 5. The van der Waals surface area contributed by atoms with Crippen LogP contribution < -0.4 is 17.0 Å². The van der Waals surface area contributed by atoms with Crippen molar-refractivity contribution in [2.45, 2.75) is 42.8 Å². The van der Waals surface area contributed by atoms with Gasteiger partial charge >= 0.3 is 5.69 Å². The smallest absolute Gasteiger partial charge is 0.330 e. The van der Waals surface area contributed by atoms with E-state index in [2.05, 4.69) is 15.2 Å². The summed E-state index contributed by atoms with van der Waals surface area (Å²) in [5, 5.41) is 9.21. The van der Waals surface area contributed by atoms with Crippen molar-refractivity contribution in [3.05, 3.63) is 62.6 Å². The van der Waals surface area contributed by atoms with Gasteiger partial charge in [-0.3, -0.25) is 23.7 Å². The first kappa shape index (κ1) is 18.9. The van der Waals surface area contributed by atoms with Gasteiger partial charge in [-0.2, -0.15) is 0 Å². The van der Waals surface area contributed by atoms with E-state index in [9.17, 15) is 14.4 Å². The number of nitrogens with two attached hydrogens (primary N) is 1. The first-order valence-corrected chi connectivity index (χ1v) is 10.8. The number of para-hydroxylation sites is 1. The van der Waals surface area contributed by atoms with Crippen LogP contribution in [0.2, 0.25) is 0 Å². The van der Waals surface area contributed by atoms with Gasteiger partial charge in [-0.15, -0.1) is 10.2 Å². The Morgan fingerprint density at radius 1 is 1.13 bits per heavy atom. The van der Waals surface area contributed by atoms with Gasteiger partial charge in [-0.05, 0) is 37.8 Å². The maximum Gasteiger partial charge on any atom is 0.330 e. The predicted molar refractivity (Wildman–Crippen MR) is 112 cm³/mol. The van der Waals surface area contributed by atoms with Crippen molar-refractivity contribution in [1.82, 2.24) is 24.3 Å². The minimum Gasteiger partial charge on any atom is -0.384 e. The Balaban J connectivity index is 1.44. The molecule has 154 valence electrons. The van der Waals surface area contributed by atoms with E-state index >= 15 is 0 Å². The SMILES string of the molecule is Nc1c(C(=O)CSc2nnc(C3CC3)n2-c2ccccc2)c(=O)[nH]c(=O)n1C1CC1. The number of carbonyl (C=O) groups excluding carboxylic acids is 1. The number of carbonyl (C=O) groups is 1. The zero-order valence-electron chi connectivity index (χ0n) is 16.1. The van der Waals surface area contributed by atoms with Gasteiger partial charge in [0.15, 0.2) is 10.9 Å². The van der Waals surface area contributed by atoms with Crippen LogP contribution in [-0.2, 0) is 0 Å². The molecule has 0 saturated heterocycles. The number of benzene rings is 1. The summed E-state index contributed by atoms with van der Waals surface area (Å²) >= 11 is 1.21. The molecule has 1 aromatic carbocycles. The van der Waals surface area contributed by atoms with Crippen LogP contribution >= 0.6 is 11.8 Å². The standard InChI is InChI=1S/C20H20N6O3S/c21-16-15(18(28)22-19(29)25(16)13-8-9-13)14(27)10-30-20-24-23-17(11-6-7-11)26(20)12-4-2-1-3-5-12/h1-5,11,13H,6-10,21H2,(H,22,28,29). The Bertz CT molecular complexity index is 1240. The Hall–Kier alpha value is -3.14. The number of rotatable bonds is 7. The lowest BCUT2D eigenvalue weighted by Crippen LogP contribution is -2.36. The largest absolute Gasteiger partial charge is 0.384 e. The average molecular weight is 424 g/mol. The molecule has 0 atom stereocenters. The molecule has 0 amide bonds. The van der Waals surface area contributed by atoms with Crippen LogP contribution in [0.25, 0.3) is 5.69 Å². The van der Waals surface area contributed by atoms with Crippen LogP contribution in [0.4, 0.5) is 5.82 Å². The number of anilines is 1. The third kappa shape index (κ3) is 3.36. The van der Waals surface area contributed by atoms with Crippen molar-refractivity contribution in [1.29, 1.82) is 0 Å². The molecule has 2 saturated carbocycles. The van der Waals surface area contributed by atoms with Crippen LogP contribution in [0.15, 0.2) is 45.1 Å². The quantitative estimate of drug-likeness (QED) is 0.438. The lowest BCUT2D eigenvalue weighted by Gasteiger charge is -2.11. The fourth-order valence-corrected chi connectivity index (χ4v) is 4.36. The van der Waals surface area contributed by atoms with Crippen LogP contribution in [0, 0.1) is 0 Å². The normalized spacial score (nSPS) is 16.0. The fraction of sp³-hybridized carbons (Fsp3) is 0.350. The van der Waals surface area contributed by atoms with Crippen LogP contribution in [0.5, 0.6) is 0 Å². The summed E-state index contributed by atoms with van der Waals surface area (Å²) in [6.07, 6.45) is 3.76. The molecule has 0 unspecified atom stereocenters. The second-order valence-corrected chi connectivity index (χ2v) is 8.56. The number of hydrogen-bond donors (Lipinski definition) is 2. The Morgan fingerprint density at radius 3 is 2.53 bits per heavy atom. The zero-order valence-corrected chi connectivity index (χ0v) is 16.9. The number of hydrogen-bond acceptors (Lipinski definition) is 7. The Morgan fingerprint density at radius 2 is 1.87 bits per heavy atom. The third-order valence-corrected chi connectivity index (χ3v) is 6.25. The van der Waals surface area contributed by atoms with Crippen LogP contribution in [-0.4, -0.2) is 35.9 Å². The summed E-state index contributed by atoms with van der Waals surface area (Å²) in [6.45, 7) is 0. The maximum atomic E-state index is 12.9. The van der Waals surface area contributed by atoms with Crippen molar-refractivity contribution in [2.24, 2.45) is 0 Å². The molecular formula is C20H20N6O3S. The van der Waals surface area contributed by atoms with Crippen LogP contribution in [0.3, 0.4) is 0 Å². The summed E-state index contributed by atoms with van der Waals surface area (Å²) in [4.78, 5) is 39.4. The molecule has 5 rings (SSSR count). The Labute approximate surface area is 175 Å². The monoisotopic (exact) mass is 424 g/mol. The topological polar surface area (TPSA) is 129 Å². The molecule has 2 aliphatic carbocycles. The number of nitrogens with zero attached hydrogens (tertiary/aromatic N) is 4. The lowest BCUT2D eigenvalue weighted by atomic mass is 10.2. The molecule has 2 heterocycles. The van der Waals surface area contributed by atoms with Crippen molar-refractivity contribution in [3.8, 4) is 5.69 Å². The molecular weight excluding hydrogens is 404 g/mol. The third-order valence-electron chi connectivity index (χ3n) is 5.32. The van der Waals surface area contributed by atoms with E-state index in [0.717, 1.165) is 37.2 Å². The first-order valence-electron chi connectivity index (χ1n) is 9.85. The molecule has 0 radical (unpaired) electrons. The Kier molecular flexibility index (Phi) is 4.58. The van der Waals surface area contributed by atoms with Gasteiger partial charge in [0.1, 0.15) is 17.2 Å². The highest BCUT2D eigenvalue weighted by Crippen LogP contribution is 2.41. The second kappa shape index (κ2) is 7.28. The van der Waals surface area contributed by atoms with E-state index in [1.54, 1.807) is 0 Å². The van der Waals surface area contributed by atoms with E-state index < -0.39 is 17.0 Å². The molecule has 30 heavy (non-hydrogen) atoms. The number of Topliss-reactive ketones (excluding diaryl/α,β-unsaturated/α-hetero) is 1. The maximum absolute atomic E-state index is 12.9. The zero-order chi connectivity index (χ0) is 20.8. The van der Waals surface area contributed by atoms with Gasteiger partial charge in [0, 0.05) is 17.6 Å². The number of nitrogens with one attached hydrogen (secondary N) is 1. The summed E-state index contributed by atoms with van der Waals surface area (Å²) in [5.74, 6) is 0.731. The molecule has 2 aromatic heterocycles. The average Bonchev–Trinajstić information content (AvgIpc) is 3.66. The number of H-pyrrole nitrogens is 1. The van der Waals surface area contributed by atoms with Crippen molar-refractivity contribution in [2.75, 3.05) is 11.5 Å². The number of ketones is 1. The van der Waals surface area contributed by atoms with E-state index in [-0.39, 0.29) is 23.2 Å². The van der Waals surface area contributed by atoms with E-state index in [4.69, 9.17) is 5.73 Å². The molecule has 2 aliphatic rings.